The Balaban J connectivity index is 1.54. The summed E-state index contributed by atoms with van der Waals surface area (Å²) in [5, 5.41) is 3.06. The summed E-state index contributed by atoms with van der Waals surface area (Å²) in [6, 6.07) is 12.0. The van der Waals surface area contributed by atoms with Crippen LogP contribution in [-0.4, -0.2) is 22.5 Å². The van der Waals surface area contributed by atoms with Crippen LogP contribution >= 0.6 is 11.8 Å². The van der Waals surface area contributed by atoms with Crippen molar-refractivity contribution in [1.29, 1.82) is 0 Å². The van der Waals surface area contributed by atoms with Crippen molar-refractivity contribution in [3.8, 4) is 0 Å². The van der Waals surface area contributed by atoms with Crippen molar-refractivity contribution in [2.45, 2.75) is 36.7 Å². The minimum Gasteiger partial charge on any atom is -0.349 e. The second-order valence-corrected chi connectivity index (χ2v) is 8.17. The standard InChI is InChI=1S/C22H21FN2O2S/c1-14(26)25-10-8-15-4-2-3-5-17(15)20(25)13-22(27)24-19-9-11-28-21-7-6-16(23)12-18(19)21/h2-8,10,12,19-20H,9,11,13H2,1H3,(H,24,27). The molecule has 0 radical (unpaired) electrons. The summed E-state index contributed by atoms with van der Waals surface area (Å²) < 4.78 is 13.7. The molecule has 2 heterocycles. The fourth-order valence-electron chi connectivity index (χ4n) is 3.86. The van der Waals surface area contributed by atoms with Crippen molar-refractivity contribution in [1.82, 2.24) is 10.2 Å². The number of nitrogens with zero attached hydrogens (tertiary/aromatic N) is 1. The summed E-state index contributed by atoms with van der Waals surface area (Å²) in [5.41, 5.74) is 2.80. The van der Waals surface area contributed by atoms with E-state index >= 15 is 0 Å². The number of halogens is 1. The van der Waals surface area contributed by atoms with Crippen LogP contribution in [0.25, 0.3) is 6.08 Å². The molecule has 0 saturated carbocycles. The minimum atomic E-state index is -0.344. The van der Waals surface area contributed by atoms with Crippen molar-refractivity contribution >= 4 is 29.7 Å². The van der Waals surface area contributed by atoms with Crippen molar-refractivity contribution in [2.24, 2.45) is 0 Å². The van der Waals surface area contributed by atoms with Crippen molar-refractivity contribution in [3.05, 3.63) is 71.2 Å². The lowest BCUT2D eigenvalue weighted by molar-refractivity contribution is -0.130. The first-order chi connectivity index (χ1) is 13.5. The van der Waals surface area contributed by atoms with Gasteiger partial charge in [0.2, 0.25) is 11.8 Å². The van der Waals surface area contributed by atoms with Crippen LogP contribution < -0.4 is 5.32 Å². The molecular formula is C22H21FN2O2S. The topological polar surface area (TPSA) is 49.4 Å². The number of rotatable bonds is 3. The van der Waals surface area contributed by atoms with Crippen molar-refractivity contribution < 1.29 is 14.0 Å². The molecule has 0 bridgehead atoms. The molecule has 28 heavy (non-hydrogen) atoms. The summed E-state index contributed by atoms with van der Waals surface area (Å²) in [4.78, 5) is 27.6. The summed E-state index contributed by atoms with van der Waals surface area (Å²) in [6.07, 6.45) is 4.55. The van der Waals surface area contributed by atoms with Gasteiger partial charge >= 0.3 is 0 Å². The third-order valence-corrected chi connectivity index (χ3v) is 6.32. The molecule has 2 aromatic rings. The maximum Gasteiger partial charge on any atom is 0.223 e. The number of nitrogens with one attached hydrogen (secondary N) is 1. The average Bonchev–Trinajstić information content (AvgIpc) is 2.68. The quantitative estimate of drug-likeness (QED) is 0.834. The molecule has 0 spiro atoms. The molecule has 2 atom stereocenters. The molecule has 2 amide bonds. The van der Waals surface area contributed by atoms with Gasteiger partial charge in [0.1, 0.15) is 5.82 Å². The number of hydrogen-bond donors (Lipinski definition) is 1. The largest absolute Gasteiger partial charge is 0.349 e. The molecule has 4 nitrogen and oxygen atoms in total. The maximum atomic E-state index is 13.7. The lowest BCUT2D eigenvalue weighted by Crippen LogP contribution is -2.37. The van der Waals surface area contributed by atoms with E-state index in [1.165, 1.54) is 19.1 Å². The highest BCUT2D eigenvalue weighted by Gasteiger charge is 2.30. The predicted molar refractivity (Wildman–Crippen MR) is 108 cm³/mol. The van der Waals surface area contributed by atoms with E-state index in [0.717, 1.165) is 33.8 Å². The van der Waals surface area contributed by atoms with E-state index in [0.29, 0.717) is 0 Å². The zero-order valence-corrected chi connectivity index (χ0v) is 16.3. The molecule has 0 saturated heterocycles. The van der Waals surface area contributed by atoms with Crippen LogP contribution in [0, 0.1) is 5.82 Å². The molecule has 2 aromatic carbocycles. The molecule has 0 aliphatic carbocycles. The fourth-order valence-corrected chi connectivity index (χ4v) is 4.96. The molecule has 2 unspecified atom stereocenters. The van der Waals surface area contributed by atoms with Crippen molar-refractivity contribution in [2.75, 3.05) is 5.75 Å². The first-order valence-electron chi connectivity index (χ1n) is 9.30. The van der Waals surface area contributed by atoms with Gasteiger partial charge in [-0.25, -0.2) is 4.39 Å². The van der Waals surface area contributed by atoms with E-state index in [-0.39, 0.29) is 36.1 Å². The Hall–Kier alpha value is -2.60. The zero-order chi connectivity index (χ0) is 19.7. The van der Waals surface area contributed by atoms with Crippen LogP contribution in [0.5, 0.6) is 0 Å². The first-order valence-corrected chi connectivity index (χ1v) is 10.3. The van der Waals surface area contributed by atoms with Gasteiger partial charge in [0, 0.05) is 23.8 Å². The van der Waals surface area contributed by atoms with Gasteiger partial charge in [-0.3, -0.25) is 9.59 Å². The molecule has 4 rings (SSSR count). The lowest BCUT2D eigenvalue weighted by atomic mass is 9.93. The first kappa shape index (κ1) is 18.7. The summed E-state index contributed by atoms with van der Waals surface area (Å²) in [7, 11) is 0. The third kappa shape index (κ3) is 3.69. The van der Waals surface area contributed by atoms with Crippen LogP contribution in [0.2, 0.25) is 0 Å². The molecule has 6 heteroatoms. The van der Waals surface area contributed by atoms with E-state index in [1.54, 1.807) is 28.9 Å². The Morgan fingerprint density at radius 1 is 1.21 bits per heavy atom. The van der Waals surface area contributed by atoms with E-state index in [1.807, 2.05) is 30.3 Å². The zero-order valence-electron chi connectivity index (χ0n) is 15.5. The van der Waals surface area contributed by atoms with Gasteiger partial charge in [-0.2, -0.15) is 0 Å². The smallest absolute Gasteiger partial charge is 0.223 e. The number of thioether (sulfide) groups is 1. The molecule has 2 aliphatic heterocycles. The van der Waals surface area contributed by atoms with Gasteiger partial charge in [0.25, 0.3) is 0 Å². The normalized spacial score (nSPS) is 20.3. The Kier molecular flexibility index (Phi) is 5.22. The van der Waals surface area contributed by atoms with Gasteiger partial charge in [-0.05, 0) is 47.4 Å². The summed E-state index contributed by atoms with van der Waals surface area (Å²) in [6.45, 7) is 1.50. The SMILES string of the molecule is CC(=O)N1C=Cc2ccccc2C1CC(=O)NC1CCSc2ccc(F)cc21. The second kappa shape index (κ2) is 7.80. The second-order valence-electron chi connectivity index (χ2n) is 7.03. The van der Waals surface area contributed by atoms with E-state index in [4.69, 9.17) is 0 Å². The fraction of sp³-hybridized carbons (Fsp3) is 0.273. The molecule has 0 aromatic heterocycles. The van der Waals surface area contributed by atoms with Gasteiger partial charge in [0.15, 0.2) is 0 Å². The van der Waals surface area contributed by atoms with Gasteiger partial charge in [0.05, 0.1) is 18.5 Å². The van der Waals surface area contributed by atoms with Crippen LogP contribution in [0.3, 0.4) is 0 Å². The molecule has 144 valence electrons. The van der Waals surface area contributed by atoms with Gasteiger partial charge in [-0.1, -0.05) is 24.3 Å². The number of fused-ring (bicyclic) bond motifs is 2. The van der Waals surface area contributed by atoms with E-state index < -0.39 is 0 Å². The van der Waals surface area contributed by atoms with Gasteiger partial charge in [-0.15, -0.1) is 11.8 Å². The minimum absolute atomic E-state index is 0.106. The number of hydrogen-bond acceptors (Lipinski definition) is 3. The Labute approximate surface area is 167 Å². The highest BCUT2D eigenvalue weighted by molar-refractivity contribution is 7.99. The van der Waals surface area contributed by atoms with Crippen LogP contribution in [0.1, 0.15) is 48.5 Å². The Morgan fingerprint density at radius 3 is 2.86 bits per heavy atom. The van der Waals surface area contributed by atoms with Gasteiger partial charge < -0.3 is 10.2 Å². The molecule has 0 fully saturated rings. The van der Waals surface area contributed by atoms with E-state index in [2.05, 4.69) is 5.32 Å². The number of amides is 2. The summed E-state index contributed by atoms with van der Waals surface area (Å²) in [5.74, 6) is 0.325. The molecular weight excluding hydrogens is 375 g/mol. The number of carbonyl (C=O) groups excluding carboxylic acids is 2. The Bertz CT molecular complexity index is 959. The highest BCUT2D eigenvalue weighted by Crippen LogP contribution is 2.37. The lowest BCUT2D eigenvalue weighted by Gasteiger charge is -2.33. The summed E-state index contributed by atoms with van der Waals surface area (Å²) >= 11 is 1.68. The molecule has 2 aliphatic rings. The Morgan fingerprint density at radius 2 is 2.04 bits per heavy atom. The predicted octanol–water partition coefficient (Wildman–Crippen LogP) is 4.44. The number of benzene rings is 2. The monoisotopic (exact) mass is 396 g/mol. The highest BCUT2D eigenvalue weighted by atomic mass is 32.2. The maximum absolute atomic E-state index is 13.7. The third-order valence-electron chi connectivity index (χ3n) is 5.19. The van der Waals surface area contributed by atoms with Crippen LogP contribution in [-0.2, 0) is 9.59 Å². The van der Waals surface area contributed by atoms with E-state index in [9.17, 15) is 14.0 Å². The van der Waals surface area contributed by atoms with Crippen LogP contribution in [0.15, 0.2) is 53.6 Å². The number of carbonyl (C=O) groups is 2. The van der Waals surface area contributed by atoms with Crippen LogP contribution in [0.4, 0.5) is 4.39 Å². The van der Waals surface area contributed by atoms with Crippen molar-refractivity contribution in [3.63, 3.8) is 0 Å². The molecule has 1 N–H and O–H groups in total. The average molecular weight is 396 g/mol.